The van der Waals surface area contributed by atoms with Crippen molar-refractivity contribution >= 4 is 9.84 Å². The van der Waals surface area contributed by atoms with E-state index < -0.39 is 9.84 Å². The molecule has 0 fully saturated rings. The van der Waals surface area contributed by atoms with Crippen LogP contribution in [0.1, 0.15) is 34.1 Å². The van der Waals surface area contributed by atoms with Gasteiger partial charge in [-0.05, 0) is 34.2 Å². The molecular formula is C9H21NO2S. The predicted octanol–water partition coefficient (Wildman–Crippen LogP) is 1.20. The Balaban J connectivity index is 4.64. The molecule has 0 aromatic rings. The van der Waals surface area contributed by atoms with Crippen molar-refractivity contribution in [2.24, 2.45) is 0 Å². The van der Waals surface area contributed by atoms with E-state index in [1.165, 1.54) is 0 Å². The molecule has 3 atom stereocenters. The van der Waals surface area contributed by atoms with Gasteiger partial charge in [0.25, 0.3) is 0 Å². The highest BCUT2D eigenvalue weighted by atomic mass is 32.2. The summed E-state index contributed by atoms with van der Waals surface area (Å²) in [6, 6.07) is 0.0130. The zero-order valence-electron chi connectivity index (χ0n) is 9.16. The van der Waals surface area contributed by atoms with Gasteiger partial charge in [-0.25, -0.2) is 8.42 Å². The Morgan fingerprint density at radius 1 is 1.23 bits per heavy atom. The standard InChI is InChI=1S/C9H21NO2S/c1-6-7(2)13(11,12)9(4)8(3)10-5/h7-10H,6H2,1-5H3. The Morgan fingerprint density at radius 3 is 2.00 bits per heavy atom. The first-order valence-corrected chi connectivity index (χ1v) is 6.38. The molecule has 0 bridgehead atoms. The molecule has 0 rings (SSSR count). The second kappa shape index (κ2) is 4.96. The minimum absolute atomic E-state index is 0.0130. The van der Waals surface area contributed by atoms with Gasteiger partial charge in [-0.1, -0.05) is 6.92 Å². The third-order valence-corrected chi connectivity index (χ3v) is 5.71. The molecule has 0 aliphatic carbocycles. The summed E-state index contributed by atoms with van der Waals surface area (Å²) in [4.78, 5) is 0. The second-order valence-electron chi connectivity index (χ2n) is 3.59. The molecule has 0 saturated heterocycles. The van der Waals surface area contributed by atoms with Crippen molar-refractivity contribution in [2.75, 3.05) is 7.05 Å². The van der Waals surface area contributed by atoms with Gasteiger partial charge < -0.3 is 5.32 Å². The van der Waals surface area contributed by atoms with Gasteiger partial charge >= 0.3 is 0 Å². The van der Waals surface area contributed by atoms with Crippen LogP contribution >= 0.6 is 0 Å². The molecule has 3 nitrogen and oxygen atoms in total. The van der Waals surface area contributed by atoms with Crippen molar-refractivity contribution in [1.29, 1.82) is 0 Å². The molecular weight excluding hydrogens is 186 g/mol. The number of sulfone groups is 1. The van der Waals surface area contributed by atoms with E-state index >= 15 is 0 Å². The number of hydrogen-bond acceptors (Lipinski definition) is 3. The quantitative estimate of drug-likeness (QED) is 0.737. The molecule has 1 N–H and O–H groups in total. The van der Waals surface area contributed by atoms with Crippen molar-refractivity contribution in [2.45, 2.75) is 50.7 Å². The maximum Gasteiger partial charge on any atom is 0.156 e. The summed E-state index contributed by atoms with van der Waals surface area (Å²) in [5, 5.41) is 2.42. The van der Waals surface area contributed by atoms with E-state index in [0.29, 0.717) is 6.42 Å². The van der Waals surface area contributed by atoms with Crippen LogP contribution in [-0.4, -0.2) is 32.0 Å². The van der Waals surface area contributed by atoms with E-state index in [4.69, 9.17) is 0 Å². The second-order valence-corrected chi connectivity index (χ2v) is 6.32. The van der Waals surface area contributed by atoms with Crippen LogP contribution in [0.4, 0.5) is 0 Å². The summed E-state index contributed by atoms with van der Waals surface area (Å²) < 4.78 is 23.6. The molecule has 80 valence electrons. The Labute approximate surface area is 81.8 Å². The smallest absolute Gasteiger partial charge is 0.156 e. The van der Waals surface area contributed by atoms with Crippen molar-refractivity contribution in [3.63, 3.8) is 0 Å². The largest absolute Gasteiger partial charge is 0.316 e. The first-order valence-electron chi connectivity index (χ1n) is 4.77. The van der Waals surface area contributed by atoms with Crippen LogP contribution in [0.15, 0.2) is 0 Å². The van der Waals surface area contributed by atoms with Crippen molar-refractivity contribution in [3.8, 4) is 0 Å². The Bertz CT molecular complexity index is 236. The highest BCUT2D eigenvalue weighted by Crippen LogP contribution is 2.14. The Kier molecular flexibility index (Phi) is 4.92. The number of rotatable bonds is 5. The topological polar surface area (TPSA) is 46.2 Å². The fourth-order valence-corrected chi connectivity index (χ4v) is 3.02. The average Bonchev–Trinajstić information content (AvgIpc) is 2.13. The molecule has 0 aromatic carbocycles. The predicted molar refractivity (Wildman–Crippen MR) is 56.7 cm³/mol. The fourth-order valence-electron chi connectivity index (χ4n) is 1.12. The molecule has 3 unspecified atom stereocenters. The maximum absolute atomic E-state index is 11.8. The fraction of sp³-hybridized carbons (Fsp3) is 1.00. The third kappa shape index (κ3) is 2.95. The molecule has 13 heavy (non-hydrogen) atoms. The van der Waals surface area contributed by atoms with Gasteiger partial charge in [0.05, 0.1) is 10.5 Å². The van der Waals surface area contributed by atoms with E-state index in [0.717, 1.165) is 0 Å². The Hall–Kier alpha value is -0.0900. The summed E-state index contributed by atoms with van der Waals surface area (Å²) in [7, 11) is -1.18. The van der Waals surface area contributed by atoms with Gasteiger partial charge in [-0.3, -0.25) is 0 Å². The van der Waals surface area contributed by atoms with E-state index in [1.54, 1.807) is 20.9 Å². The van der Waals surface area contributed by atoms with E-state index in [2.05, 4.69) is 5.32 Å². The van der Waals surface area contributed by atoms with Crippen LogP contribution in [-0.2, 0) is 9.84 Å². The first-order chi connectivity index (χ1) is 5.87. The van der Waals surface area contributed by atoms with E-state index in [1.807, 2.05) is 13.8 Å². The van der Waals surface area contributed by atoms with Crippen molar-refractivity contribution in [3.05, 3.63) is 0 Å². The van der Waals surface area contributed by atoms with Gasteiger partial charge in [-0.2, -0.15) is 0 Å². The van der Waals surface area contributed by atoms with Gasteiger partial charge in [0.1, 0.15) is 0 Å². The minimum Gasteiger partial charge on any atom is -0.316 e. The molecule has 0 aliphatic heterocycles. The van der Waals surface area contributed by atoms with Crippen LogP contribution in [0.3, 0.4) is 0 Å². The lowest BCUT2D eigenvalue weighted by atomic mass is 10.3. The summed E-state index contributed by atoms with van der Waals surface area (Å²) in [6.07, 6.45) is 0.684. The van der Waals surface area contributed by atoms with E-state index in [9.17, 15) is 8.42 Å². The number of nitrogens with one attached hydrogen (secondary N) is 1. The molecule has 0 saturated carbocycles. The average molecular weight is 207 g/mol. The van der Waals surface area contributed by atoms with Crippen LogP contribution < -0.4 is 5.32 Å². The highest BCUT2D eigenvalue weighted by Gasteiger charge is 2.29. The van der Waals surface area contributed by atoms with Gasteiger partial charge in [0.2, 0.25) is 0 Å². The van der Waals surface area contributed by atoms with Crippen LogP contribution in [0.5, 0.6) is 0 Å². The third-order valence-electron chi connectivity index (χ3n) is 2.81. The molecule has 0 aromatic heterocycles. The van der Waals surface area contributed by atoms with Crippen LogP contribution in [0, 0.1) is 0 Å². The summed E-state index contributed by atoms with van der Waals surface area (Å²) in [5.41, 5.74) is 0. The van der Waals surface area contributed by atoms with Crippen molar-refractivity contribution in [1.82, 2.24) is 5.32 Å². The maximum atomic E-state index is 11.8. The lowest BCUT2D eigenvalue weighted by molar-refractivity contribution is 0.529. The van der Waals surface area contributed by atoms with Crippen LogP contribution in [0.2, 0.25) is 0 Å². The minimum atomic E-state index is -2.96. The molecule has 0 aliphatic rings. The summed E-state index contributed by atoms with van der Waals surface area (Å²) in [5.74, 6) is 0. The molecule has 0 spiro atoms. The lowest BCUT2D eigenvalue weighted by Gasteiger charge is -2.22. The summed E-state index contributed by atoms with van der Waals surface area (Å²) >= 11 is 0. The normalized spacial score (nSPS) is 19.5. The lowest BCUT2D eigenvalue weighted by Crippen LogP contribution is -2.41. The monoisotopic (exact) mass is 207 g/mol. The molecule has 4 heteroatoms. The van der Waals surface area contributed by atoms with Gasteiger partial charge in [0.15, 0.2) is 9.84 Å². The zero-order valence-corrected chi connectivity index (χ0v) is 9.98. The number of hydrogen-bond donors (Lipinski definition) is 1. The van der Waals surface area contributed by atoms with Gasteiger partial charge in [0, 0.05) is 6.04 Å². The Morgan fingerprint density at radius 2 is 1.69 bits per heavy atom. The molecule has 0 heterocycles. The SMILES string of the molecule is CCC(C)S(=O)(=O)C(C)C(C)NC. The molecule has 0 amide bonds. The van der Waals surface area contributed by atoms with E-state index in [-0.39, 0.29) is 16.5 Å². The van der Waals surface area contributed by atoms with Crippen molar-refractivity contribution < 1.29 is 8.42 Å². The molecule has 0 radical (unpaired) electrons. The van der Waals surface area contributed by atoms with Gasteiger partial charge in [-0.15, -0.1) is 0 Å². The summed E-state index contributed by atoms with van der Waals surface area (Å²) in [6.45, 7) is 7.33. The zero-order chi connectivity index (χ0) is 10.6. The highest BCUT2D eigenvalue weighted by molar-refractivity contribution is 7.92. The van der Waals surface area contributed by atoms with Crippen LogP contribution in [0.25, 0.3) is 0 Å². The first kappa shape index (κ1) is 12.9.